The molecular weight excluding hydrogens is 212 g/mol. The molecule has 1 aromatic carbocycles. The van der Waals surface area contributed by atoms with Crippen molar-refractivity contribution in [1.29, 1.82) is 0 Å². The Hall–Kier alpha value is -1.06. The van der Waals surface area contributed by atoms with Gasteiger partial charge in [0.1, 0.15) is 0 Å². The number of likely N-dealkylation sites (N-methyl/N-ethyl adjacent to an activating group) is 1. The topological polar surface area (TPSA) is 24.5 Å². The molecule has 3 heteroatoms. The molecule has 0 heterocycles. The van der Waals surface area contributed by atoms with Gasteiger partial charge in [0.25, 0.3) is 0 Å². The van der Waals surface area contributed by atoms with Crippen LogP contribution in [0, 0.1) is 13.8 Å². The summed E-state index contributed by atoms with van der Waals surface area (Å²) in [5.74, 6) is 0. The molecule has 0 aliphatic carbocycles. The van der Waals surface area contributed by atoms with E-state index in [1.165, 1.54) is 16.8 Å². The van der Waals surface area contributed by atoms with E-state index in [4.69, 9.17) is 4.74 Å². The SMILES string of the molecule is COCCNCCN(C)c1cc(C)cc(C)c1. The Labute approximate surface area is 105 Å². The van der Waals surface area contributed by atoms with Crippen LogP contribution in [0.4, 0.5) is 5.69 Å². The summed E-state index contributed by atoms with van der Waals surface area (Å²) in [6.45, 7) is 7.95. The number of nitrogens with one attached hydrogen (secondary N) is 1. The summed E-state index contributed by atoms with van der Waals surface area (Å²) in [6, 6.07) is 6.65. The minimum Gasteiger partial charge on any atom is -0.383 e. The fourth-order valence-corrected chi connectivity index (χ4v) is 1.85. The summed E-state index contributed by atoms with van der Waals surface area (Å²) >= 11 is 0. The number of hydrogen-bond acceptors (Lipinski definition) is 3. The number of benzene rings is 1. The highest BCUT2D eigenvalue weighted by molar-refractivity contribution is 5.50. The molecule has 0 radical (unpaired) electrons. The molecule has 0 aliphatic rings. The van der Waals surface area contributed by atoms with Gasteiger partial charge in [-0.1, -0.05) is 6.07 Å². The van der Waals surface area contributed by atoms with Crippen molar-refractivity contribution in [3.05, 3.63) is 29.3 Å². The lowest BCUT2D eigenvalue weighted by atomic mass is 10.1. The average molecular weight is 236 g/mol. The smallest absolute Gasteiger partial charge is 0.0587 e. The second kappa shape index (κ2) is 7.30. The van der Waals surface area contributed by atoms with Crippen LogP contribution < -0.4 is 10.2 Å². The van der Waals surface area contributed by atoms with E-state index in [2.05, 4.69) is 49.3 Å². The van der Waals surface area contributed by atoms with E-state index in [1.807, 2.05) is 0 Å². The van der Waals surface area contributed by atoms with Crippen LogP contribution in [0.1, 0.15) is 11.1 Å². The number of hydrogen-bond donors (Lipinski definition) is 1. The van der Waals surface area contributed by atoms with Crippen LogP contribution in [0.5, 0.6) is 0 Å². The number of methoxy groups -OCH3 is 1. The molecular formula is C14H24N2O. The quantitative estimate of drug-likeness (QED) is 0.733. The highest BCUT2D eigenvalue weighted by atomic mass is 16.5. The first-order valence-corrected chi connectivity index (χ1v) is 6.12. The van der Waals surface area contributed by atoms with E-state index in [9.17, 15) is 0 Å². The summed E-state index contributed by atoms with van der Waals surface area (Å²) in [6.07, 6.45) is 0. The van der Waals surface area contributed by atoms with Crippen LogP contribution in [0.3, 0.4) is 0 Å². The maximum absolute atomic E-state index is 4.99. The molecule has 0 aliphatic heterocycles. The Balaban J connectivity index is 2.38. The zero-order valence-electron chi connectivity index (χ0n) is 11.4. The third-order valence-corrected chi connectivity index (χ3v) is 2.75. The van der Waals surface area contributed by atoms with Crippen LogP contribution in [-0.4, -0.2) is 40.4 Å². The van der Waals surface area contributed by atoms with E-state index >= 15 is 0 Å². The van der Waals surface area contributed by atoms with Gasteiger partial charge >= 0.3 is 0 Å². The fourth-order valence-electron chi connectivity index (χ4n) is 1.85. The minimum absolute atomic E-state index is 0.771. The van der Waals surface area contributed by atoms with Crippen LogP contribution in [-0.2, 0) is 4.74 Å². The summed E-state index contributed by atoms with van der Waals surface area (Å²) in [5.41, 5.74) is 3.93. The number of aryl methyl sites for hydroxylation is 2. The molecule has 0 amide bonds. The zero-order chi connectivity index (χ0) is 12.7. The van der Waals surface area contributed by atoms with E-state index in [0.29, 0.717) is 0 Å². The van der Waals surface area contributed by atoms with E-state index < -0.39 is 0 Å². The molecule has 1 rings (SSSR count). The summed E-state index contributed by atoms with van der Waals surface area (Å²) < 4.78 is 4.99. The lowest BCUT2D eigenvalue weighted by molar-refractivity contribution is 0.200. The Bertz CT molecular complexity index is 319. The van der Waals surface area contributed by atoms with Crippen LogP contribution in [0.2, 0.25) is 0 Å². The molecule has 17 heavy (non-hydrogen) atoms. The number of nitrogens with zero attached hydrogens (tertiary/aromatic N) is 1. The molecule has 0 fully saturated rings. The highest BCUT2D eigenvalue weighted by Crippen LogP contribution is 2.16. The molecule has 0 saturated carbocycles. The van der Waals surface area contributed by atoms with Gasteiger partial charge in [-0.15, -0.1) is 0 Å². The molecule has 1 N–H and O–H groups in total. The van der Waals surface area contributed by atoms with Crippen LogP contribution in [0.25, 0.3) is 0 Å². The Morgan fingerprint density at radius 3 is 2.35 bits per heavy atom. The average Bonchev–Trinajstić information content (AvgIpc) is 2.27. The first-order valence-electron chi connectivity index (χ1n) is 6.12. The van der Waals surface area contributed by atoms with Crippen LogP contribution in [0.15, 0.2) is 18.2 Å². The third-order valence-electron chi connectivity index (χ3n) is 2.75. The molecule has 0 saturated heterocycles. The van der Waals surface area contributed by atoms with Crippen molar-refractivity contribution in [2.75, 3.05) is 45.3 Å². The summed E-state index contributed by atoms with van der Waals surface area (Å²) in [4.78, 5) is 2.28. The summed E-state index contributed by atoms with van der Waals surface area (Å²) in [5, 5.41) is 3.35. The molecule has 3 nitrogen and oxygen atoms in total. The first kappa shape index (κ1) is 14.0. The van der Waals surface area contributed by atoms with Gasteiger partial charge in [-0.05, 0) is 37.1 Å². The maximum Gasteiger partial charge on any atom is 0.0587 e. The lowest BCUT2D eigenvalue weighted by Gasteiger charge is -2.20. The molecule has 0 bridgehead atoms. The third kappa shape index (κ3) is 5.20. The second-order valence-electron chi connectivity index (χ2n) is 4.51. The molecule has 0 unspecified atom stereocenters. The van der Waals surface area contributed by atoms with E-state index in [-0.39, 0.29) is 0 Å². The Morgan fingerprint density at radius 1 is 1.12 bits per heavy atom. The Morgan fingerprint density at radius 2 is 1.76 bits per heavy atom. The second-order valence-corrected chi connectivity index (χ2v) is 4.51. The number of anilines is 1. The molecule has 0 spiro atoms. The predicted octanol–water partition coefficient (Wildman–Crippen LogP) is 1.98. The van der Waals surface area contributed by atoms with Gasteiger partial charge in [0.2, 0.25) is 0 Å². The van der Waals surface area contributed by atoms with Gasteiger partial charge in [0, 0.05) is 39.5 Å². The minimum atomic E-state index is 0.771. The largest absolute Gasteiger partial charge is 0.383 e. The standard InChI is InChI=1S/C14H24N2O/c1-12-9-13(2)11-14(10-12)16(3)7-5-15-6-8-17-4/h9-11,15H,5-8H2,1-4H3. The lowest BCUT2D eigenvalue weighted by Crippen LogP contribution is -2.30. The van der Waals surface area contributed by atoms with E-state index in [0.717, 1.165) is 26.2 Å². The fraction of sp³-hybridized carbons (Fsp3) is 0.571. The van der Waals surface area contributed by atoms with Crippen molar-refractivity contribution in [3.8, 4) is 0 Å². The Kier molecular flexibility index (Phi) is 6.01. The maximum atomic E-state index is 4.99. The first-order chi connectivity index (χ1) is 8.13. The highest BCUT2D eigenvalue weighted by Gasteiger charge is 2.01. The van der Waals surface area contributed by atoms with Crippen molar-refractivity contribution < 1.29 is 4.74 Å². The number of ether oxygens (including phenoxy) is 1. The normalized spacial score (nSPS) is 10.6. The van der Waals surface area contributed by atoms with Gasteiger partial charge in [0.05, 0.1) is 6.61 Å². The van der Waals surface area contributed by atoms with E-state index in [1.54, 1.807) is 7.11 Å². The zero-order valence-corrected chi connectivity index (χ0v) is 11.4. The monoisotopic (exact) mass is 236 g/mol. The number of rotatable bonds is 7. The van der Waals surface area contributed by atoms with Gasteiger partial charge in [0.15, 0.2) is 0 Å². The van der Waals surface area contributed by atoms with Gasteiger partial charge in [-0.25, -0.2) is 0 Å². The molecule has 96 valence electrons. The molecule has 1 aromatic rings. The van der Waals surface area contributed by atoms with Gasteiger partial charge in [-0.2, -0.15) is 0 Å². The van der Waals surface area contributed by atoms with Crippen molar-refractivity contribution in [2.45, 2.75) is 13.8 Å². The van der Waals surface area contributed by atoms with Crippen molar-refractivity contribution in [3.63, 3.8) is 0 Å². The van der Waals surface area contributed by atoms with Crippen molar-refractivity contribution in [1.82, 2.24) is 5.32 Å². The molecule has 0 aromatic heterocycles. The van der Waals surface area contributed by atoms with Crippen LogP contribution >= 0.6 is 0 Å². The predicted molar refractivity (Wildman–Crippen MR) is 73.9 cm³/mol. The summed E-state index contributed by atoms with van der Waals surface area (Å²) in [7, 11) is 3.86. The van der Waals surface area contributed by atoms with Crippen molar-refractivity contribution in [2.24, 2.45) is 0 Å². The van der Waals surface area contributed by atoms with Gasteiger partial charge in [-0.3, -0.25) is 0 Å². The van der Waals surface area contributed by atoms with Gasteiger partial charge < -0.3 is 15.0 Å². The molecule has 0 atom stereocenters. The van der Waals surface area contributed by atoms with Crippen molar-refractivity contribution >= 4 is 5.69 Å².